The predicted octanol–water partition coefficient (Wildman–Crippen LogP) is 1.90. The van der Waals surface area contributed by atoms with Crippen LogP contribution in [0.1, 0.15) is 30.6 Å². The topological polar surface area (TPSA) is 75.3 Å². The zero-order valence-corrected chi connectivity index (χ0v) is 10.7. The first-order chi connectivity index (χ1) is 7.90. The molecule has 1 aromatic carbocycles. The lowest BCUT2D eigenvalue weighted by atomic mass is 10.1. The summed E-state index contributed by atoms with van der Waals surface area (Å²) in [6, 6.07) is 4.24. The van der Waals surface area contributed by atoms with Crippen molar-refractivity contribution in [2.24, 2.45) is 5.73 Å². The van der Waals surface area contributed by atoms with Crippen LogP contribution >= 0.6 is 11.6 Å². The van der Waals surface area contributed by atoms with Crippen LogP contribution in [0.3, 0.4) is 0 Å². The molecule has 0 heterocycles. The lowest BCUT2D eigenvalue weighted by Crippen LogP contribution is -2.36. The maximum atomic E-state index is 11.9. The molecule has 2 atom stereocenters. The Morgan fingerprint density at radius 3 is 2.76 bits per heavy atom. The zero-order valence-electron chi connectivity index (χ0n) is 9.90. The van der Waals surface area contributed by atoms with Crippen molar-refractivity contribution >= 4 is 17.5 Å². The number of nitrogens with two attached hydrogens (primary N) is 1. The van der Waals surface area contributed by atoms with Crippen LogP contribution in [0.25, 0.3) is 0 Å². The fourth-order valence-corrected chi connectivity index (χ4v) is 1.81. The summed E-state index contributed by atoms with van der Waals surface area (Å²) in [6.07, 6.45) is 0.683. The molecule has 0 radical (unpaired) electrons. The van der Waals surface area contributed by atoms with Crippen LogP contribution in [0.5, 0.6) is 5.75 Å². The molecule has 1 aromatic rings. The molecule has 94 valence electrons. The Labute approximate surface area is 106 Å². The van der Waals surface area contributed by atoms with Gasteiger partial charge in [-0.1, -0.05) is 11.6 Å². The fraction of sp³-hybridized carbons (Fsp3) is 0.417. The number of aromatic hydroxyl groups is 1. The summed E-state index contributed by atoms with van der Waals surface area (Å²) in [5, 5.41) is 12.4. The Hall–Kier alpha value is -1.26. The Morgan fingerprint density at radius 2 is 2.18 bits per heavy atom. The standard InChI is InChI=1S/C12H17ClN2O2/c1-7(14)5-8(2)15-12(17)10-6-9(16)3-4-11(10)13/h3-4,6-8,16H,5,14H2,1-2H3,(H,15,17). The Bertz CT molecular complexity index is 407. The third-order valence-corrected chi connectivity index (χ3v) is 2.63. The number of amides is 1. The number of carbonyl (C=O) groups is 1. The van der Waals surface area contributed by atoms with E-state index in [0.717, 1.165) is 0 Å². The van der Waals surface area contributed by atoms with Gasteiger partial charge in [-0.25, -0.2) is 0 Å². The summed E-state index contributed by atoms with van der Waals surface area (Å²) in [7, 11) is 0. The number of phenolic OH excluding ortho intramolecular Hbond substituents is 1. The quantitative estimate of drug-likeness (QED) is 0.770. The molecular weight excluding hydrogens is 240 g/mol. The Morgan fingerprint density at radius 1 is 1.53 bits per heavy atom. The number of rotatable bonds is 4. The van der Waals surface area contributed by atoms with E-state index in [1.54, 1.807) is 0 Å². The molecule has 0 fully saturated rings. The smallest absolute Gasteiger partial charge is 0.253 e. The second kappa shape index (κ2) is 5.89. The predicted molar refractivity (Wildman–Crippen MR) is 68.3 cm³/mol. The molecule has 0 saturated heterocycles. The van der Waals surface area contributed by atoms with Crippen LogP contribution in [0.2, 0.25) is 5.02 Å². The molecule has 0 spiro atoms. The molecule has 17 heavy (non-hydrogen) atoms. The maximum Gasteiger partial charge on any atom is 0.253 e. The van der Waals surface area contributed by atoms with E-state index in [2.05, 4.69) is 5.32 Å². The number of halogens is 1. The first-order valence-corrected chi connectivity index (χ1v) is 5.83. The molecule has 2 unspecified atom stereocenters. The SMILES string of the molecule is CC(N)CC(C)NC(=O)c1cc(O)ccc1Cl. The highest BCUT2D eigenvalue weighted by molar-refractivity contribution is 6.33. The number of nitrogens with one attached hydrogen (secondary N) is 1. The van der Waals surface area contributed by atoms with Gasteiger partial charge in [0.2, 0.25) is 0 Å². The highest BCUT2D eigenvalue weighted by Crippen LogP contribution is 2.21. The molecule has 0 aliphatic heterocycles. The van der Waals surface area contributed by atoms with Crippen LogP contribution in [0.15, 0.2) is 18.2 Å². The zero-order chi connectivity index (χ0) is 13.0. The molecule has 4 N–H and O–H groups in total. The first-order valence-electron chi connectivity index (χ1n) is 5.45. The van der Waals surface area contributed by atoms with Gasteiger partial charge in [0, 0.05) is 12.1 Å². The second-order valence-electron chi connectivity index (χ2n) is 4.25. The Balaban J connectivity index is 2.73. The molecule has 0 aliphatic carbocycles. The average Bonchev–Trinajstić information content (AvgIpc) is 2.20. The van der Waals surface area contributed by atoms with Crippen molar-refractivity contribution in [3.05, 3.63) is 28.8 Å². The van der Waals surface area contributed by atoms with Crippen molar-refractivity contribution in [2.45, 2.75) is 32.4 Å². The highest BCUT2D eigenvalue weighted by atomic mass is 35.5. The van der Waals surface area contributed by atoms with Crippen molar-refractivity contribution in [2.75, 3.05) is 0 Å². The third-order valence-electron chi connectivity index (χ3n) is 2.30. The molecule has 0 saturated carbocycles. The van der Waals surface area contributed by atoms with E-state index >= 15 is 0 Å². The maximum absolute atomic E-state index is 11.9. The molecule has 0 aliphatic rings. The van der Waals surface area contributed by atoms with Crippen LogP contribution < -0.4 is 11.1 Å². The average molecular weight is 257 g/mol. The minimum absolute atomic E-state index is 0.0133. The van der Waals surface area contributed by atoms with E-state index in [0.29, 0.717) is 11.4 Å². The van der Waals surface area contributed by atoms with E-state index in [1.807, 2.05) is 13.8 Å². The molecule has 0 aromatic heterocycles. The van der Waals surface area contributed by atoms with Gasteiger partial charge < -0.3 is 16.2 Å². The van der Waals surface area contributed by atoms with Gasteiger partial charge in [0.25, 0.3) is 5.91 Å². The van der Waals surface area contributed by atoms with E-state index in [9.17, 15) is 9.90 Å². The molecule has 1 amide bonds. The summed E-state index contributed by atoms with van der Waals surface area (Å²) in [5.41, 5.74) is 5.91. The normalized spacial score (nSPS) is 14.1. The van der Waals surface area contributed by atoms with Crippen LogP contribution in [-0.2, 0) is 0 Å². The summed E-state index contributed by atoms with van der Waals surface area (Å²) in [4.78, 5) is 11.9. The molecule has 5 heteroatoms. The lowest BCUT2D eigenvalue weighted by Gasteiger charge is -2.16. The van der Waals surface area contributed by atoms with E-state index in [4.69, 9.17) is 17.3 Å². The summed E-state index contributed by atoms with van der Waals surface area (Å²) in [5.74, 6) is -0.293. The minimum Gasteiger partial charge on any atom is -0.508 e. The number of phenols is 1. The largest absolute Gasteiger partial charge is 0.508 e. The van der Waals surface area contributed by atoms with Gasteiger partial charge in [-0.3, -0.25) is 4.79 Å². The van der Waals surface area contributed by atoms with E-state index < -0.39 is 0 Å². The van der Waals surface area contributed by atoms with E-state index in [1.165, 1.54) is 18.2 Å². The summed E-state index contributed by atoms with van der Waals surface area (Å²) >= 11 is 5.88. The number of carbonyl (C=O) groups excluding carboxylic acids is 1. The number of hydrogen-bond donors (Lipinski definition) is 3. The number of hydrogen-bond acceptors (Lipinski definition) is 3. The fourth-order valence-electron chi connectivity index (χ4n) is 1.61. The summed E-state index contributed by atoms with van der Waals surface area (Å²) in [6.45, 7) is 3.75. The van der Waals surface area contributed by atoms with Crippen LogP contribution in [-0.4, -0.2) is 23.1 Å². The van der Waals surface area contributed by atoms with Crippen molar-refractivity contribution in [3.8, 4) is 5.75 Å². The van der Waals surface area contributed by atoms with Gasteiger partial charge in [0.1, 0.15) is 5.75 Å². The second-order valence-corrected chi connectivity index (χ2v) is 4.66. The molecule has 0 bridgehead atoms. The molecule has 4 nitrogen and oxygen atoms in total. The summed E-state index contributed by atoms with van der Waals surface area (Å²) < 4.78 is 0. The highest BCUT2D eigenvalue weighted by Gasteiger charge is 2.14. The van der Waals surface area contributed by atoms with Gasteiger partial charge in [-0.2, -0.15) is 0 Å². The Kier molecular flexibility index (Phi) is 4.78. The minimum atomic E-state index is -0.306. The molecular formula is C12H17ClN2O2. The van der Waals surface area contributed by atoms with Gasteiger partial charge >= 0.3 is 0 Å². The van der Waals surface area contributed by atoms with Crippen LogP contribution in [0, 0.1) is 0 Å². The van der Waals surface area contributed by atoms with Crippen molar-refractivity contribution in [1.29, 1.82) is 0 Å². The first kappa shape index (κ1) is 13.8. The van der Waals surface area contributed by atoms with Gasteiger partial charge in [-0.15, -0.1) is 0 Å². The van der Waals surface area contributed by atoms with Gasteiger partial charge in [-0.05, 0) is 38.5 Å². The van der Waals surface area contributed by atoms with Crippen molar-refractivity contribution in [1.82, 2.24) is 5.32 Å². The van der Waals surface area contributed by atoms with Gasteiger partial charge in [0.05, 0.1) is 10.6 Å². The third kappa shape index (κ3) is 4.24. The van der Waals surface area contributed by atoms with Crippen molar-refractivity contribution < 1.29 is 9.90 Å². The molecule has 1 rings (SSSR count). The van der Waals surface area contributed by atoms with E-state index in [-0.39, 0.29) is 29.3 Å². The lowest BCUT2D eigenvalue weighted by molar-refractivity contribution is 0.0937. The van der Waals surface area contributed by atoms with Crippen molar-refractivity contribution in [3.63, 3.8) is 0 Å². The van der Waals surface area contributed by atoms with Crippen LogP contribution in [0.4, 0.5) is 0 Å². The number of benzene rings is 1. The van der Waals surface area contributed by atoms with Gasteiger partial charge in [0.15, 0.2) is 0 Å². The monoisotopic (exact) mass is 256 g/mol.